The Labute approximate surface area is 77.5 Å². The average Bonchev–Trinajstić information content (AvgIpc) is 1.83. The van der Waals surface area contributed by atoms with Crippen molar-refractivity contribution in [2.75, 3.05) is 27.2 Å². The van der Waals surface area contributed by atoms with Gasteiger partial charge in [0.2, 0.25) is 0 Å². The van der Waals surface area contributed by atoms with Crippen molar-refractivity contribution in [3.63, 3.8) is 0 Å². The van der Waals surface area contributed by atoms with Crippen LogP contribution in [0.5, 0.6) is 0 Å². The molecule has 0 unspecified atom stereocenters. The van der Waals surface area contributed by atoms with E-state index in [-0.39, 0.29) is 0 Å². The van der Waals surface area contributed by atoms with E-state index in [1.54, 1.807) is 0 Å². The van der Waals surface area contributed by atoms with E-state index in [0.717, 1.165) is 24.9 Å². The summed E-state index contributed by atoms with van der Waals surface area (Å²) < 4.78 is 0. The van der Waals surface area contributed by atoms with Crippen LogP contribution >= 0.6 is 0 Å². The molecule has 0 aromatic carbocycles. The molecule has 0 aliphatic carbocycles. The van der Waals surface area contributed by atoms with E-state index in [2.05, 4.69) is 51.8 Å². The summed E-state index contributed by atoms with van der Waals surface area (Å²) in [6.45, 7) is 11.4. The van der Waals surface area contributed by atoms with Crippen molar-refractivity contribution in [3.8, 4) is 0 Å². The predicted octanol–water partition coefficient (Wildman–Crippen LogP) is 2.08. The highest BCUT2D eigenvalue weighted by Gasteiger charge is 2.10. The molecule has 0 aliphatic heterocycles. The molecule has 0 heterocycles. The van der Waals surface area contributed by atoms with Crippen molar-refractivity contribution >= 4 is 0 Å². The summed E-state index contributed by atoms with van der Waals surface area (Å²) in [5.41, 5.74) is 0. The Kier molecular flexibility index (Phi) is 5.51. The van der Waals surface area contributed by atoms with E-state index >= 15 is 0 Å². The second-order valence-corrected chi connectivity index (χ2v) is 4.51. The third kappa shape index (κ3) is 5.56. The van der Waals surface area contributed by atoms with Gasteiger partial charge >= 0.3 is 0 Å². The van der Waals surface area contributed by atoms with Gasteiger partial charge < -0.3 is 0 Å². The van der Waals surface area contributed by atoms with Crippen LogP contribution in [0.4, 0.5) is 0 Å². The SMILES string of the molecule is CC(C)CN(CC(C)C)N(C)C. The lowest BCUT2D eigenvalue weighted by Gasteiger charge is -2.31. The molecular formula is C10H24N2. The molecule has 12 heavy (non-hydrogen) atoms. The topological polar surface area (TPSA) is 6.48 Å². The minimum Gasteiger partial charge on any atom is -0.248 e. The lowest BCUT2D eigenvalue weighted by Crippen LogP contribution is -2.41. The van der Waals surface area contributed by atoms with Crippen LogP contribution in [-0.4, -0.2) is 37.2 Å². The standard InChI is InChI=1S/C10H24N2/c1-9(2)7-12(11(5)6)8-10(3)4/h9-10H,7-8H2,1-6H3. The summed E-state index contributed by atoms with van der Waals surface area (Å²) in [6, 6.07) is 0. The molecular weight excluding hydrogens is 148 g/mol. The first-order valence-corrected chi connectivity index (χ1v) is 4.85. The maximum absolute atomic E-state index is 2.40. The maximum Gasteiger partial charge on any atom is 0.0156 e. The first-order chi connectivity index (χ1) is 5.43. The Bertz CT molecular complexity index is 98.4. The monoisotopic (exact) mass is 172 g/mol. The Morgan fingerprint density at radius 1 is 0.833 bits per heavy atom. The first kappa shape index (κ1) is 11.9. The molecule has 0 fully saturated rings. The van der Waals surface area contributed by atoms with Gasteiger partial charge in [0.1, 0.15) is 0 Å². The van der Waals surface area contributed by atoms with Crippen molar-refractivity contribution in [3.05, 3.63) is 0 Å². The van der Waals surface area contributed by atoms with Crippen LogP contribution < -0.4 is 0 Å². The molecule has 0 saturated carbocycles. The summed E-state index contributed by atoms with van der Waals surface area (Å²) in [6.07, 6.45) is 0. The van der Waals surface area contributed by atoms with Gasteiger partial charge in [0.25, 0.3) is 0 Å². The van der Waals surface area contributed by atoms with Gasteiger partial charge in [-0.15, -0.1) is 0 Å². The van der Waals surface area contributed by atoms with Crippen LogP contribution in [0.3, 0.4) is 0 Å². The van der Waals surface area contributed by atoms with Crippen LogP contribution in [-0.2, 0) is 0 Å². The first-order valence-electron chi connectivity index (χ1n) is 4.85. The number of hydrogen-bond donors (Lipinski definition) is 0. The third-order valence-corrected chi connectivity index (χ3v) is 1.72. The maximum atomic E-state index is 2.40. The molecule has 0 aromatic rings. The van der Waals surface area contributed by atoms with Crippen LogP contribution in [0.1, 0.15) is 27.7 Å². The highest BCUT2D eigenvalue weighted by molar-refractivity contribution is 4.57. The molecule has 2 heteroatoms. The van der Waals surface area contributed by atoms with Crippen LogP contribution in [0, 0.1) is 11.8 Å². The molecule has 0 spiro atoms. The highest BCUT2D eigenvalue weighted by atomic mass is 15.6. The summed E-state index contributed by atoms with van der Waals surface area (Å²) >= 11 is 0. The molecule has 0 amide bonds. The fourth-order valence-electron chi connectivity index (χ4n) is 1.24. The zero-order chi connectivity index (χ0) is 9.72. The molecule has 0 N–H and O–H groups in total. The van der Waals surface area contributed by atoms with E-state index < -0.39 is 0 Å². The molecule has 0 rings (SSSR count). The average molecular weight is 172 g/mol. The van der Waals surface area contributed by atoms with Crippen molar-refractivity contribution < 1.29 is 0 Å². The van der Waals surface area contributed by atoms with Crippen LogP contribution in [0.25, 0.3) is 0 Å². The largest absolute Gasteiger partial charge is 0.248 e. The van der Waals surface area contributed by atoms with Gasteiger partial charge in [-0.3, -0.25) is 0 Å². The van der Waals surface area contributed by atoms with E-state index in [1.807, 2.05) is 0 Å². The molecule has 0 atom stereocenters. The zero-order valence-corrected chi connectivity index (χ0v) is 9.46. The van der Waals surface area contributed by atoms with Gasteiger partial charge in [-0.2, -0.15) is 0 Å². The van der Waals surface area contributed by atoms with E-state index in [1.165, 1.54) is 0 Å². The summed E-state index contributed by atoms with van der Waals surface area (Å²) in [5, 5.41) is 4.59. The quantitative estimate of drug-likeness (QED) is 0.586. The van der Waals surface area contributed by atoms with Gasteiger partial charge in [-0.05, 0) is 11.8 Å². The molecule has 0 aliphatic rings. The van der Waals surface area contributed by atoms with Crippen molar-refractivity contribution in [2.24, 2.45) is 11.8 Å². The molecule has 0 radical (unpaired) electrons. The predicted molar refractivity (Wildman–Crippen MR) is 54.9 cm³/mol. The van der Waals surface area contributed by atoms with Gasteiger partial charge in [-0.25, -0.2) is 10.0 Å². The Morgan fingerprint density at radius 3 is 1.33 bits per heavy atom. The zero-order valence-electron chi connectivity index (χ0n) is 9.46. The fourth-order valence-corrected chi connectivity index (χ4v) is 1.24. The number of hydrazine groups is 1. The lowest BCUT2D eigenvalue weighted by molar-refractivity contribution is 0.00335. The van der Waals surface area contributed by atoms with Crippen molar-refractivity contribution in [1.29, 1.82) is 0 Å². The molecule has 0 saturated heterocycles. The van der Waals surface area contributed by atoms with Crippen molar-refractivity contribution in [2.45, 2.75) is 27.7 Å². The number of hydrogen-bond acceptors (Lipinski definition) is 2. The lowest BCUT2D eigenvalue weighted by atomic mass is 10.2. The molecule has 2 nitrogen and oxygen atoms in total. The molecule has 0 aromatic heterocycles. The summed E-state index contributed by atoms with van der Waals surface area (Å²) in [4.78, 5) is 0. The van der Waals surface area contributed by atoms with Gasteiger partial charge in [0.15, 0.2) is 0 Å². The van der Waals surface area contributed by atoms with Crippen LogP contribution in [0.2, 0.25) is 0 Å². The number of rotatable bonds is 5. The highest BCUT2D eigenvalue weighted by Crippen LogP contribution is 2.04. The second kappa shape index (κ2) is 5.55. The molecule has 0 bridgehead atoms. The molecule has 74 valence electrons. The smallest absolute Gasteiger partial charge is 0.0156 e. The Hall–Kier alpha value is -0.0800. The number of nitrogens with zero attached hydrogens (tertiary/aromatic N) is 2. The van der Waals surface area contributed by atoms with E-state index in [4.69, 9.17) is 0 Å². The van der Waals surface area contributed by atoms with Gasteiger partial charge in [0, 0.05) is 27.2 Å². The summed E-state index contributed by atoms with van der Waals surface area (Å²) in [7, 11) is 4.23. The third-order valence-electron chi connectivity index (χ3n) is 1.72. The minimum atomic E-state index is 0.742. The van der Waals surface area contributed by atoms with E-state index in [9.17, 15) is 0 Å². The second-order valence-electron chi connectivity index (χ2n) is 4.51. The fraction of sp³-hybridized carbons (Fsp3) is 1.00. The Balaban J connectivity index is 3.87. The van der Waals surface area contributed by atoms with Crippen molar-refractivity contribution in [1.82, 2.24) is 10.0 Å². The van der Waals surface area contributed by atoms with E-state index in [0.29, 0.717) is 0 Å². The minimum absolute atomic E-state index is 0.742. The van der Waals surface area contributed by atoms with Crippen LogP contribution in [0.15, 0.2) is 0 Å². The van der Waals surface area contributed by atoms with Gasteiger partial charge in [0.05, 0.1) is 0 Å². The Morgan fingerprint density at radius 2 is 1.17 bits per heavy atom. The van der Waals surface area contributed by atoms with Gasteiger partial charge in [-0.1, -0.05) is 27.7 Å². The normalized spacial score (nSPS) is 12.5. The summed E-state index contributed by atoms with van der Waals surface area (Å²) in [5.74, 6) is 1.48.